The van der Waals surface area contributed by atoms with Crippen molar-refractivity contribution in [3.05, 3.63) is 70.9 Å². The van der Waals surface area contributed by atoms with Crippen molar-refractivity contribution in [3.8, 4) is 0 Å². The first kappa shape index (κ1) is 21.6. The second kappa shape index (κ2) is 8.68. The summed E-state index contributed by atoms with van der Waals surface area (Å²) < 4.78 is 1.78. The number of carbonyl (C=O) groups is 1. The molecule has 176 valence electrons. The minimum atomic E-state index is 0.000805. The number of nitrogens with one attached hydrogen (secondary N) is 1. The fourth-order valence-electron chi connectivity index (χ4n) is 7.64. The molecule has 4 aliphatic rings. The van der Waals surface area contributed by atoms with Gasteiger partial charge >= 0.3 is 0 Å². The van der Waals surface area contributed by atoms with E-state index in [0.29, 0.717) is 18.4 Å². The molecule has 7 rings (SSSR count). The second-order valence-electron chi connectivity index (χ2n) is 11.2. The summed E-state index contributed by atoms with van der Waals surface area (Å²) in [6.45, 7) is 0.659. The lowest BCUT2D eigenvalue weighted by Crippen LogP contribution is -2.47. The van der Waals surface area contributed by atoms with Crippen LogP contribution in [0.1, 0.15) is 56.9 Å². The summed E-state index contributed by atoms with van der Waals surface area (Å²) >= 11 is 0. The number of hydrogen-bond donors (Lipinski definition) is 1. The van der Waals surface area contributed by atoms with Gasteiger partial charge in [-0.1, -0.05) is 12.1 Å². The molecule has 1 aromatic carbocycles. The van der Waals surface area contributed by atoms with E-state index in [-0.39, 0.29) is 16.9 Å². The zero-order valence-electron chi connectivity index (χ0n) is 19.7. The third kappa shape index (κ3) is 4.17. The third-order valence-corrected chi connectivity index (χ3v) is 8.58. The van der Waals surface area contributed by atoms with Gasteiger partial charge in [-0.15, -0.1) is 0 Å². The summed E-state index contributed by atoms with van der Waals surface area (Å²) in [7, 11) is 0. The van der Waals surface area contributed by atoms with Gasteiger partial charge in [-0.05, 0) is 104 Å². The van der Waals surface area contributed by atoms with Crippen LogP contribution in [0.25, 0.3) is 10.8 Å². The summed E-state index contributed by atoms with van der Waals surface area (Å²) in [5, 5.41) is 4.67. The molecule has 1 N–H and O–H groups in total. The number of aromatic nitrogens is 2. The summed E-state index contributed by atoms with van der Waals surface area (Å²) in [5.74, 6) is 2.63. The summed E-state index contributed by atoms with van der Waals surface area (Å²) in [5.41, 5.74) is 2.15. The lowest BCUT2D eigenvalue weighted by atomic mass is 9.49. The predicted octanol–water partition coefficient (Wildman–Crippen LogP) is 5.57. The first-order valence-corrected chi connectivity index (χ1v) is 12.9. The number of rotatable bonds is 7. The van der Waals surface area contributed by atoms with Crippen LogP contribution < -0.4 is 10.9 Å². The number of carbonyl (C=O) groups excluding carboxylic acids is 1. The number of amides is 1. The SMILES string of the molecule is O=C(CC12CC3CC(CC(C3)C1)C2)Nc1cccc2c(=O)n(CCCc3cccnc3)ccc12. The molecule has 4 bridgehead atoms. The normalized spacial score (nSPS) is 27.2. The Morgan fingerprint density at radius 2 is 1.76 bits per heavy atom. The third-order valence-electron chi connectivity index (χ3n) is 8.58. The quantitative estimate of drug-likeness (QED) is 0.506. The molecule has 4 fully saturated rings. The van der Waals surface area contributed by atoms with E-state index in [1.54, 1.807) is 10.8 Å². The molecule has 4 saturated carbocycles. The second-order valence-corrected chi connectivity index (χ2v) is 11.2. The van der Waals surface area contributed by atoms with Crippen molar-refractivity contribution < 1.29 is 4.79 Å². The van der Waals surface area contributed by atoms with E-state index < -0.39 is 0 Å². The van der Waals surface area contributed by atoms with Crippen LogP contribution in [0.3, 0.4) is 0 Å². The van der Waals surface area contributed by atoms with E-state index in [1.165, 1.54) is 44.1 Å². The van der Waals surface area contributed by atoms with Crippen LogP contribution >= 0.6 is 0 Å². The van der Waals surface area contributed by atoms with Gasteiger partial charge in [0.05, 0.1) is 0 Å². The van der Waals surface area contributed by atoms with Gasteiger partial charge in [0.15, 0.2) is 0 Å². The van der Waals surface area contributed by atoms with Crippen molar-refractivity contribution in [1.82, 2.24) is 9.55 Å². The average Bonchev–Trinajstić information content (AvgIpc) is 2.80. The molecule has 2 heterocycles. The average molecular weight is 456 g/mol. The predicted molar refractivity (Wildman–Crippen MR) is 135 cm³/mol. The van der Waals surface area contributed by atoms with Crippen LogP contribution in [0.15, 0.2) is 59.8 Å². The lowest BCUT2D eigenvalue weighted by Gasteiger charge is -2.56. The maximum absolute atomic E-state index is 13.2. The standard InChI is InChI=1S/C29H33N3O2/c33-27(18-29-15-21-12-22(16-29)14-23(13-21)17-29)31-26-7-1-6-25-24(26)8-11-32(28(25)34)10-3-5-20-4-2-9-30-19-20/h1-2,4,6-9,11,19,21-23H,3,5,10,12-18H2,(H,31,33). The number of pyridine rings is 2. The molecule has 1 amide bonds. The maximum atomic E-state index is 13.2. The van der Waals surface area contributed by atoms with Crippen LogP contribution in [-0.4, -0.2) is 15.5 Å². The Hall–Kier alpha value is -2.95. The highest BCUT2D eigenvalue weighted by molar-refractivity contribution is 6.02. The van der Waals surface area contributed by atoms with Crippen molar-refractivity contribution in [1.29, 1.82) is 0 Å². The number of anilines is 1. The van der Waals surface area contributed by atoms with Gasteiger partial charge in [0, 0.05) is 48.0 Å². The fraction of sp³-hybridized carbons (Fsp3) is 0.483. The molecule has 34 heavy (non-hydrogen) atoms. The van der Waals surface area contributed by atoms with Gasteiger partial charge in [-0.25, -0.2) is 0 Å². The molecule has 0 aliphatic heterocycles. The first-order chi connectivity index (χ1) is 16.6. The van der Waals surface area contributed by atoms with Crippen molar-refractivity contribution in [2.24, 2.45) is 23.2 Å². The highest BCUT2D eigenvalue weighted by Crippen LogP contribution is 2.61. The van der Waals surface area contributed by atoms with Crippen molar-refractivity contribution in [2.45, 2.75) is 64.3 Å². The minimum absolute atomic E-state index is 0.000805. The molecular formula is C29H33N3O2. The molecule has 5 nitrogen and oxygen atoms in total. The Bertz CT molecular complexity index is 1230. The topological polar surface area (TPSA) is 64.0 Å². The number of benzene rings is 1. The lowest BCUT2D eigenvalue weighted by molar-refractivity contribution is -0.124. The van der Waals surface area contributed by atoms with E-state index in [4.69, 9.17) is 0 Å². The van der Waals surface area contributed by atoms with Crippen LogP contribution in [-0.2, 0) is 17.8 Å². The zero-order valence-corrected chi connectivity index (χ0v) is 19.7. The summed E-state index contributed by atoms with van der Waals surface area (Å²) in [6.07, 6.45) is 15.7. The minimum Gasteiger partial charge on any atom is -0.325 e. The van der Waals surface area contributed by atoms with Crippen molar-refractivity contribution >= 4 is 22.4 Å². The van der Waals surface area contributed by atoms with Gasteiger partial charge in [-0.3, -0.25) is 14.6 Å². The largest absolute Gasteiger partial charge is 0.325 e. The number of hydrogen-bond acceptors (Lipinski definition) is 3. The van der Waals surface area contributed by atoms with E-state index in [9.17, 15) is 9.59 Å². The molecular weight excluding hydrogens is 422 g/mol. The molecule has 4 aliphatic carbocycles. The molecule has 0 atom stereocenters. The van der Waals surface area contributed by atoms with E-state index >= 15 is 0 Å². The number of nitrogens with zero attached hydrogens (tertiary/aromatic N) is 2. The Morgan fingerprint density at radius 3 is 2.47 bits per heavy atom. The van der Waals surface area contributed by atoms with E-state index in [2.05, 4.69) is 16.4 Å². The fourth-order valence-corrected chi connectivity index (χ4v) is 7.64. The first-order valence-electron chi connectivity index (χ1n) is 12.9. The molecule has 2 aromatic heterocycles. The summed E-state index contributed by atoms with van der Waals surface area (Å²) in [6, 6.07) is 11.6. The molecule has 3 aromatic rings. The van der Waals surface area contributed by atoms with Crippen molar-refractivity contribution in [3.63, 3.8) is 0 Å². The zero-order chi connectivity index (χ0) is 23.1. The van der Waals surface area contributed by atoms with Crippen LogP contribution in [0, 0.1) is 23.2 Å². The van der Waals surface area contributed by atoms with Crippen LogP contribution in [0.4, 0.5) is 5.69 Å². The molecule has 0 saturated heterocycles. The maximum Gasteiger partial charge on any atom is 0.258 e. The van der Waals surface area contributed by atoms with Gasteiger partial charge in [-0.2, -0.15) is 0 Å². The number of aryl methyl sites for hydroxylation is 2. The van der Waals surface area contributed by atoms with Crippen LogP contribution in [0.2, 0.25) is 0 Å². The van der Waals surface area contributed by atoms with Gasteiger partial charge in [0.25, 0.3) is 5.56 Å². The van der Waals surface area contributed by atoms with Crippen molar-refractivity contribution in [2.75, 3.05) is 5.32 Å². The Labute approximate surface area is 200 Å². The molecule has 0 unspecified atom stereocenters. The highest BCUT2D eigenvalue weighted by atomic mass is 16.1. The highest BCUT2D eigenvalue weighted by Gasteiger charge is 2.51. The van der Waals surface area contributed by atoms with Crippen LogP contribution in [0.5, 0.6) is 0 Å². The summed E-state index contributed by atoms with van der Waals surface area (Å²) in [4.78, 5) is 30.5. The smallest absolute Gasteiger partial charge is 0.258 e. The monoisotopic (exact) mass is 455 g/mol. The van der Waals surface area contributed by atoms with Gasteiger partial charge in [0.1, 0.15) is 0 Å². The number of fused-ring (bicyclic) bond motifs is 1. The van der Waals surface area contributed by atoms with Gasteiger partial charge in [0.2, 0.25) is 5.91 Å². The van der Waals surface area contributed by atoms with E-state index in [1.807, 2.05) is 42.7 Å². The molecule has 0 radical (unpaired) electrons. The van der Waals surface area contributed by atoms with E-state index in [0.717, 1.165) is 41.7 Å². The Morgan fingerprint density at radius 1 is 1.00 bits per heavy atom. The Kier molecular flexibility index (Phi) is 5.51. The molecule has 0 spiro atoms. The Balaban J connectivity index is 1.16. The van der Waals surface area contributed by atoms with Gasteiger partial charge < -0.3 is 9.88 Å². The molecule has 5 heteroatoms.